The molecule has 18 nitrogen and oxygen atoms in total. The van der Waals surface area contributed by atoms with Crippen molar-refractivity contribution in [2.75, 3.05) is 120 Å². The molecule has 6 aliphatic heterocycles. The standard InChI is InChI=1S/C23H29ClN6O3S.C21H24ClN5O4S/c1-27(2)22(32)19-13-17(31)14-30(19)21-20-18(7-12-34(20)33)25-23(26-21)29-10-8-28(9-11-29)16-5-3-15(24)4-6-16;22-13-1-3-14(4-2-13)25-6-8-26(9-7-25)21-23-16-5-10-32(31)18(16)19(24-21)27-12-15(28)11-17(27)20(29)30/h3-6,17,19,31H,7-14H2,1-2H3;1-4,15,17,28H,5-12H2,(H,29,30)/t17-,19+,34?;15-,17+,32?/m11/s1. The Morgan fingerprint density at radius 3 is 1.38 bits per heavy atom. The van der Waals surface area contributed by atoms with Crippen LogP contribution in [0.5, 0.6) is 0 Å². The monoisotopic (exact) mass is 981 g/mol. The number of fused-ring (bicyclic) bond motifs is 2. The molecule has 2 unspecified atom stereocenters. The molecule has 3 N–H and O–H groups in total. The van der Waals surface area contributed by atoms with Crippen molar-refractivity contribution in [3.05, 3.63) is 70.0 Å². The van der Waals surface area contributed by atoms with Crippen LogP contribution in [0.1, 0.15) is 24.2 Å². The maximum absolute atomic E-state index is 12.9. The molecule has 8 heterocycles. The van der Waals surface area contributed by atoms with Crippen molar-refractivity contribution in [2.24, 2.45) is 0 Å². The maximum atomic E-state index is 12.9. The number of aliphatic hydroxyl groups excluding tert-OH is 2. The second-order valence-corrected chi connectivity index (χ2v) is 21.3. The molecule has 4 aromatic rings. The normalized spacial score (nSPS) is 24.9. The van der Waals surface area contributed by atoms with Crippen molar-refractivity contribution >= 4 is 91.6 Å². The highest BCUT2D eigenvalue weighted by Crippen LogP contribution is 2.38. The van der Waals surface area contributed by atoms with Gasteiger partial charge in [-0.1, -0.05) is 23.2 Å². The molecule has 6 atom stereocenters. The zero-order chi connectivity index (χ0) is 46.4. The first-order valence-corrected chi connectivity index (χ1v) is 25.5. The van der Waals surface area contributed by atoms with Gasteiger partial charge in [0.15, 0.2) is 11.6 Å². The number of aryl methyl sites for hydroxylation is 2. The number of anilines is 6. The van der Waals surface area contributed by atoms with E-state index in [9.17, 15) is 33.3 Å². The summed E-state index contributed by atoms with van der Waals surface area (Å²) in [7, 11) is 0.934. The number of hydrogen-bond donors (Lipinski definition) is 3. The molecule has 0 bridgehead atoms. The van der Waals surface area contributed by atoms with Crippen LogP contribution >= 0.6 is 23.2 Å². The minimum absolute atomic E-state index is 0.0918. The van der Waals surface area contributed by atoms with Gasteiger partial charge in [0.25, 0.3) is 0 Å². The molecule has 0 radical (unpaired) electrons. The van der Waals surface area contributed by atoms with Gasteiger partial charge in [0, 0.05) is 138 Å². The Labute approximate surface area is 398 Å². The molecular formula is C44H53Cl2N11O7S2. The predicted molar refractivity (Wildman–Crippen MR) is 256 cm³/mol. The minimum atomic E-state index is -1.27. The zero-order valence-electron chi connectivity index (χ0n) is 36.7. The van der Waals surface area contributed by atoms with Crippen molar-refractivity contribution in [1.29, 1.82) is 0 Å². The Balaban J connectivity index is 0.000000166. The number of nitrogens with zero attached hydrogens (tertiary/aromatic N) is 11. The van der Waals surface area contributed by atoms with E-state index in [1.165, 1.54) is 4.90 Å². The number of aromatic nitrogens is 4. The van der Waals surface area contributed by atoms with Crippen molar-refractivity contribution in [2.45, 2.75) is 59.8 Å². The molecule has 0 saturated carbocycles. The molecule has 4 fully saturated rings. The van der Waals surface area contributed by atoms with E-state index in [2.05, 4.69) is 19.6 Å². The lowest BCUT2D eigenvalue weighted by Gasteiger charge is -2.37. The quantitative estimate of drug-likeness (QED) is 0.232. The molecule has 22 heteroatoms. The number of aliphatic hydroxyl groups is 2. The van der Waals surface area contributed by atoms with Crippen LogP contribution in [0.15, 0.2) is 58.3 Å². The first-order valence-electron chi connectivity index (χ1n) is 22.1. The van der Waals surface area contributed by atoms with E-state index in [0.717, 1.165) is 61.4 Å². The fourth-order valence-corrected chi connectivity index (χ4v) is 12.5. The fraction of sp³-hybridized carbons (Fsp3) is 0.500. The number of rotatable bonds is 8. The minimum Gasteiger partial charge on any atom is -0.480 e. The van der Waals surface area contributed by atoms with Gasteiger partial charge in [-0.2, -0.15) is 9.97 Å². The highest BCUT2D eigenvalue weighted by atomic mass is 35.5. The summed E-state index contributed by atoms with van der Waals surface area (Å²) in [5.74, 6) is 1.91. The summed E-state index contributed by atoms with van der Waals surface area (Å²) >= 11 is 12.0. The van der Waals surface area contributed by atoms with Crippen LogP contribution in [-0.2, 0) is 44.0 Å². The Hall–Kier alpha value is -4.86. The molecule has 2 aromatic carbocycles. The number of carboxylic acid groups (broad SMARTS) is 1. The summed E-state index contributed by atoms with van der Waals surface area (Å²) in [6, 6.07) is 14.2. The van der Waals surface area contributed by atoms with Gasteiger partial charge >= 0.3 is 5.97 Å². The van der Waals surface area contributed by atoms with E-state index >= 15 is 0 Å². The third kappa shape index (κ3) is 9.49. The first-order chi connectivity index (χ1) is 31.7. The van der Waals surface area contributed by atoms with E-state index in [4.69, 9.17) is 43.1 Å². The number of piperazine rings is 2. The Kier molecular flexibility index (Phi) is 13.6. The van der Waals surface area contributed by atoms with Crippen LogP contribution < -0.4 is 29.4 Å². The molecule has 2 aromatic heterocycles. The van der Waals surface area contributed by atoms with Crippen LogP contribution in [0, 0.1) is 0 Å². The maximum Gasteiger partial charge on any atom is 0.326 e. The predicted octanol–water partition coefficient (Wildman–Crippen LogP) is 2.29. The summed E-state index contributed by atoms with van der Waals surface area (Å²) < 4.78 is 25.5. The van der Waals surface area contributed by atoms with Gasteiger partial charge in [-0.3, -0.25) is 13.2 Å². The van der Waals surface area contributed by atoms with E-state index in [1.54, 1.807) is 19.0 Å². The Bertz CT molecular complexity index is 2510. The van der Waals surface area contributed by atoms with Crippen LogP contribution in [0.25, 0.3) is 0 Å². The number of β-amino-alcohol motifs (C(OH)–C–C–N with tert-alkyl or cyclic N) is 2. The number of benzene rings is 2. The SMILES string of the molecule is CN(C)C(=O)[C@@H]1C[C@@H](O)CN1c1nc(N2CCN(c3ccc(Cl)cc3)CC2)nc2c1S(=O)CC2.O=C(O)[C@@H]1C[C@@H](O)CN1c1nc(N2CCN(c3ccc(Cl)cc3)CC2)nc2c1S(=O)CC2. The number of aliphatic carboxylic acids is 1. The largest absolute Gasteiger partial charge is 0.480 e. The van der Waals surface area contributed by atoms with Gasteiger partial charge < -0.3 is 49.6 Å². The number of carbonyl (C=O) groups excluding carboxylic acids is 1. The van der Waals surface area contributed by atoms with E-state index in [-0.39, 0.29) is 25.4 Å². The summed E-state index contributed by atoms with van der Waals surface area (Å²) in [5.41, 5.74) is 3.74. The van der Waals surface area contributed by atoms with Gasteiger partial charge in [0.1, 0.15) is 21.9 Å². The van der Waals surface area contributed by atoms with Crippen LogP contribution in [0.2, 0.25) is 10.0 Å². The lowest BCUT2D eigenvalue weighted by molar-refractivity contribution is -0.138. The summed E-state index contributed by atoms with van der Waals surface area (Å²) in [5, 5.41) is 31.6. The highest BCUT2D eigenvalue weighted by molar-refractivity contribution is 7.85. The number of halogens is 2. The first kappa shape index (κ1) is 46.3. The average molecular weight is 983 g/mol. The average Bonchev–Trinajstić information content (AvgIpc) is 4.11. The highest BCUT2D eigenvalue weighted by Gasteiger charge is 2.43. The molecule has 66 heavy (non-hydrogen) atoms. The van der Waals surface area contributed by atoms with Crippen LogP contribution in [-0.4, -0.2) is 176 Å². The molecule has 6 aliphatic rings. The van der Waals surface area contributed by atoms with Gasteiger partial charge in [-0.15, -0.1) is 0 Å². The Morgan fingerprint density at radius 1 is 0.606 bits per heavy atom. The summed E-state index contributed by atoms with van der Waals surface area (Å²) in [6.45, 7) is 6.52. The number of carbonyl (C=O) groups is 2. The molecular weight excluding hydrogens is 930 g/mol. The number of hydrogen-bond acceptors (Lipinski definition) is 16. The number of amides is 1. The topological polar surface area (TPSA) is 203 Å². The molecule has 0 spiro atoms. The van der Waals surface area contributed by atoms with Crippen molar-refractivity contribution in [3.8, 4) is 0 Å². The van der Waals surface area contributed by atoms with Gasteiger partial charge in [-0.25, -0.2) is 14.8 Å². The molecule has 4 saturated heterocycles. The lowest BCUT2D eigenvalue weighted by atomic mass is 10.1. The van der Waals surface area contributed by atoms with Crippen LogP contribution in [0.4, 0.5) is 34.9 Å². The number of likely N-dealkylation sites (N-methyl/N-ethyl adjacent to an activating group) is 1. The third-order valence-corrected chi connectivity index (χ3v) is 16.3. The molecule has 10 rings (SSSR count). The van der Waals surface area contributed by atoms with Gasteiger partial charge in [0.05, 0.1) is 45.2 Å². The smallest absolute Gasteiger partial charge is 0.326 e. The lowest BCUT2D eigenvalue weighted by Crippen LogP contribution is -2.47. The number of carboxylic acids is 1. The fourth-order valence-electron chi connectivity index (χ4n) is 9.50. The van der Waals surface area contributed by atoms with E-state index < -0.39 is 51.9 Å². The van der Waals surface area contributed by atoms with E-state index in [1.807, 2.05) is 53.4 Å². The summed E-state index contributed by atoms with van der Waals surface area (Å²) in [6.07, 6.45) is 0.248. The molecule has 1 amide bonds. The van der Waals surface area contributed by atoms with Crippen molar-refractivity contribution in [1.82, 2.24) is 24.8 Å². The second-order valence-electron chi connectivity index (χ2n) is 17.4. The molecule has 352 valence electrons. The van der Waals surface area contributed by atoms with Crippen LogP contribution in [0.3, 0.4) is 0 Å². The van der Waals surface area contributed by atoms with Crippen molar-refractivity contribution in [3.63, 3.8) is 0 Å². The summed E-state index contributed by atoms with van der Waals surface area (Å²) in [4.78, 5) is 58.6. The van der Waals surface area contributed by atoms with E-state index in [0.29, 0.717) is 87.9 Å². The van der Waals surface area contributed by atoms with Gasteiger partial charge in [0.2, 0.25) is 17.8 Å². The van der Waals surface area contributed by atoms with Gasteiger partial charge in [-0.05, 0) is 48.5 Å². The third-order valence-electron chi connectivity index (χ3n) is 12.9. The zero-order valence-corrected chi connectivity index (χ0v) is 39.9. The molecule has 0 aliphatic carbocycles. The Morgan fingerprint density at radius 2 is 0.985 bits per heavy atom. The second kappa shape index (κ2) is 19.4. The van der Waals surface area contributed by atoms with Crippen molar-refractivity contribution < 1.29 is 33.3 Å².